The first-order valence-electron chi connectivity index (χ1n) is 4.86. The molecule has 1 atom stereocenters. The molecule has 5 nitrogen and oxygen atoms in total. The van der Waals surface area contributed by atoms with Gasteiger partial charge in [-0.3, -0.25) is 4.79 Å². The van der Waals surface area contributed by atoms with Gasteiger partial charge in [0.15, 0.2) is 0 Å². The van der Waals surface area contributed by atoms with Gasteiger partial charge in [0.2, 0.25) is 5.91 Å². The van der Waals surface area contributed by atoms with Crippen LogP contribution in [-0.4, -0.2) is 56.9 Å². The molecule has 14 heavy (non-hydrogen) atoms. The number of hydrogen-bond donors (Lipinski definition) is 1. The number of likely N-dealkylation sites (tertiary alicyclic amines) is 1. The zero-order valence-electron chi connectivity index (χ0n) is 8.57. The molecule has 0 saturated carbocycles. The lowest BCUT2D eigenvalue weighted by atomic mass is 10.3. The number of carbonyl (C=O) groups excluding carboxylic acids is 1. The highest BCUT2D eigenvalue weighted by Gasteiger charge is 2.25. The molecule has 1 aliphatic heterocycles. The van der Waals surface area contributed by atoms with E-state index < -0.39 is 0 Å². The second-order valence-corrected chi connectivity index (χ2v) is 3.33. The quantitative estimate of drug-likeness (QED) is 0.593. The second kappa shape index (κ2) is 5.95. The first-order chi connectivity index (χ1) is 6.77. The van der Waals surface area contributed by atoms with Crippen LogP contribution < -0.4 is 5.73 Å². The van der Waals surface area contributed by atoms with Crippen LogP contribution >= 0.6 is 0 Å². The maximum atomic E-state index is 11.5. The van der Waals surface area contributed by atoms with Gasteiger partial charge in [-0.1, -0.05) is 0 Å². The van der Waals surface area contributed by atoms with E-state index in [9.17, 15) is 4.79 Å². The molecule has 1 fully saturated rings. The van der Waals surface area contributed by atoms with E-state index >= 15 is 0 Å². The van der Waals surface area contributed by atoms with Crippen molar-refractivity contribution < 1.29 is 14.3 Å². The molecular weight excluding hydrogens is 184 g/mol. The van der Waals surface area contributed by atoms with Gasteiger partial charge < -0.3 is 20.1 Å². The number of nitrogens with two attached hydrogens (primary N) is 1. The van der Waals surface area contributed by atoms with Crippen LogP contribution in [0.25, 0.3) is 0 Å². The molecule has 0 spiro atoms. The van der Waals surface area contributed by atoms with Gasteiger partial charge in [0, 0.05) is 26.7 Å². The number of hydrogen-bond acceptors (Lipinski definition) is 4. The third-order valence-corrected chi connectivity index (χ3v) is 2.32. The van der Waals surface area contributed by atoms with Crippen LogP contribution in [0.3, 0.4) is 0 Å². The molecule has 1 unspecified atom stereocenters. The van der Waals surface area contributed by atoms with E-state index in [1.807, 2.05) is 0 Å². The lowest BCUT2D eigenvalue weighted by Crippen LogP contribution is -2.33. The van der Waals surface area contributed by atoms with Crippen LogP contribution in [0.2, 0.25) is 0 Å². The Morgan fingerprint density at radius 3 is 3.00 bits per heavy atom. The van der Waals surface area contributed by atoms with Gasteiger partial charge in [-0.05, 0) is 6.42 Å². The van der Waals surface area contributed by atoms with Crippen LogP contribution in [0, 0.1) is 0 Å². The lowest BCUT2D eigenvalue weighted by Gasteiger charge is -2.15. The highest BCUT2D eigenvalue weighted by atomic mass is 16.5. The summed E-state index contributed by atoms with van der Waals surface area (Å²) in [7, 11) is 1.67. The van der Waals surface area contributed by atoms with Crippen LogP contribution in [0.1, 0.15) is 6.42 Å². The Morgan fingerprint density at radius 2 is 2.43 bits per heavy atom. The number of amides is 1. The van der Waals surface area contributed by atoms with Crippen LogP contribution in [0.4, 0.5) is 0 Å². The molecule has 1 saturated heterocycles. The first kappa shape index (κ1) is 11.4. The van der Waals surface area contributed by atoms with Crippen LogP contribution in [0.15, 0.2) is 0 Å². The molecule has 1 heterocycles. The minimum Gasteiger partial charge on any atom is -0.380 e. The highest BCUT2D eigenvalue weighted by molar-refractivity contribution is 5.77. The number of methoxy groups -OCH3 is 1. The Hall–Kier alpha value is -0.650. The minimum absolute atomic E-state index is 0.0259. The van der Waals surface area contributed by atoms with E-state index in [1.165, 1.54) is 0 Å². The van der Waals surface area contributed by atoms with Crippen molar-refractivity contribution >= 4 is 5.91 Å². The number of ether oxygens (including phenoxy) is 2. The molecule has 5 heteroatoms. The van der Waals surface area contributed by atoms with Crippen molar-refractivity contribution in [2.45, 2.75) is 12.5 Å². The standard InChI is InChI=1S/C9H18N2O3/c1-13-8-2-4-11(6-8)9(12)7-14-5-3-10/h8H,2-7,10H2,1H3. The largest absolute Gasteiger partial charge is 0.380 e. The molecule has 0 aromatic rings. The molecule has 0 aromatic carbocycles. The fourth-order valence-electron chi connectivity index (χ4n) is 1.48. The molecular formula is C9H18N2O3. The Bertz CT molecular complexity index is 187. The van der Waals surface area contributed by atoms with E-state index in [0.717, 1.165) is 13.0 Å². The maximum Gasteiger partial charge on any atom is 0.248 e. The van der Waals surface area contributed by atoms with Gasteiger partial charge >= 0.3 is 0 Å². The van der Waals surface area contributed by atoms with Crippen molar-refractivity contribution in [3.63, 3.8) is 0 Å². The zero-order valence-corrected chi connectivity index (χ0v) is 8.57. The van der Waals surface area contributed by atoms with Crippen LogP contribution in [-0.2, 0) is 14.3 Å². The van der Waals surface area contributed by atoms with Gasteiger partial charge in [0.05, 0.1) is 12.7 Å². The molecule has 1 aliphatic rings. The Morgan fingerprint density at radius 1 is 1.64 bits per heavy atom. The third kappa shape index (κ3) is 3.25. The van der Waals surface area contributed by atoms with Crippen molar-refractivity contribution in [3.8, 4) is 0 Å². The normalized spacial score (nSPS) is 21.6. The van der Waals surface area contributed by atoms with Gasteiger partial charge in [0.25, 0.3) is 0 Å². The van der Waals surface area contributed by atoms with Crippen molar-refractivity contribution in [1.29, 1.82) is 0 Å². The first-order valence-corrected chi connectivity index (χ1v) is 4.86. The van der Waals surface area contributed by atoms with Gasteiger partial charge in [0.1, 0.15) is 6.61 Å². The summed E-state index contributed by atoms with van der Waals surface area (Å²) >= 11 is 0. The number of rotatable bonds is 5. The number of nitrogens with zero attached hydrogens (tertiary/aromatic N) is 1. The molecule has 0 aromatic heterocycles. The fourth-order valence-corrected chi connectivity index (χ4v) is 1.48. The molecule has 0 bridgehead atoms. The highest BCUT2D eigenvalue weighted by Crippen LogP contribution is 2.11. The van der Waals surface area contributed by atoms with Crippen molar-refractivity contribution in [1.82, 2.24) is 4.90 Å². The van der Waals surface area contributed by atoms with Gasteiger partial charge in [-0.25, -0.2) is 0 Å². The zero-order chi connectivity index (χ0) is 10.4. The van der Waals surface area contributed by atoms with Gasteiger partial charge in [-0.2, -0.15) is 0 Å². The second-order valence-electron chi connectivity index (χ2n) is 3.33. The van der Waals surface area contributed by atoms with E-state index in [1.54, 1.807) is 12.0 Å². The predicted octanol–water partition coefficient (Wildman–Crippen LogP) is -0.791. The summed E-state index contributed by atoms with van der Waals surface area (Å²) in [5.41, 5.74) is 5.24. The summed E-state index contributed by atoms with van der Waals surface area (Å²) in [6.45, 7) is 2.47. The average molecular weight is 202 g/mol. The summed E-state index contributed by atoms with van der Waals surface area (Å²) in [6.07, 6.45) is 1.10. The van der Waals surface area contributed by atoms with Crippen molar-refractivity contribution in [3.05, 3.63) is 0 Å². The van der Waals surface area contributed by atoms with E-state index in [2.05, 4.69) is 0 Å². The summed E-state index contributed by atoms with van der Waals surface area (Å²) in [5, 5.41) is 0. The number of carbonyl (C=O) groups is 1. The molecule has 2 N–H and O–H groups in total. The monoisotopic (exact) mass is 202 g/mol. The minimum atomic E-state index is 0.0259. The SMILES string of the molecule is COC1CCN(C(=O)COCCN)C1. The Labute approximate surface area is 84.1 Å². The summed E-state index contributed by atoms with van der Waals surface area (Å²) in [6, 6.07) is 0. The van der Waals surface area contributed by atoms with Crippen LogP contribution in [0.5, 0.6) is 0 Å². The van der Waals surface area contributed by atoms with E-state index in [0.29, 0.717) is 19.7 Å². The molecule has 0 aliphatic carbocycles. The maximum absolute atomic E-state index is 11.5. The Balaban J connectivity index is 2.18. The van der Waals surface area contributed by atoms with Crippen molar-refractivity contribution in [2.24, 2.45) is 5.73 Å². The summed E-state index contributed by atoms with van der Waals surface area (Å²) < 4.78 is 10.2. The topological polar surface area (TPSA) is 64.8 Å². The van der Waals surface area contributed by atoms with Gasteiger partial charge in [-0.15, -0.1) is 0 Å². The predicted molar refractivity (Wildman–Crippen MR) is 51.9 cm³/mol. The summed E-state index contributed by atoms with van der Waals surface area (Å²) in [4.78, 5) is 13.3. The molecule has 82 valence electrons. The Kier molecular flexibility index (Phi) is 4.86. The summed E-state index contributed by atoms with van der Waals surface area (Å²) in [5.74, 6) is 0.0259. The fraction of sp³-hybridized carbons (Fsp3) is 0.889. The lowest BCUT2D eigenvalue weighted by molar-refractivity contribution is -0.135. The van der Waals surface area contributed by atoms with E-state index in [4.69, 9.17) is 15.2 Å². The third-order valence-electron chi connectivity index (χ3n) is 2.32. The van der Waals surface area contributed by atoms with E-state index in [-0.39, 0.29) is 18.6 Å². The molecule has 0 radical (unpaired) electrons. The smallest absolute Gasteiger partial charge is 0.248 e. The van der Waals surface area contributed by atoms with Crippen molar-refractivity contribution in [2.75, 3.05) is 40.0 Å². The average Bonchev–Trinajstić information content (AvgIpc) is 2.66. The molecule has 1 rings (SSSR count). The molecule has 1 amide bonds.